The van der Waals surface area contributed by atoms with E-state index in [1.54, 1.807) is 72.8 Å². The second kappa shape index (κ2) is 10.2. The molecule has 0 saturated carbocycles. The van der Waals surface area contributed by atoms with E-state index in [1.807, 2.05) is 24.3 Å². The van der Waals surface area contributed by atoms with Crippen LogP contribution in [0.2, 0.25) is 0 Å². The van der Waals surface area contributed by atoms with Gasteiger partial charge < -0.3 is 9.47 Å². The number of para-hydroxylation sites is 4. The lowest BCUT2D eigenvalue weighted by Crippen LogP contribution is -2.29. The van der Waals surface area contributed by atoms with E-state index in [0.29, 0.717) is 34.4 Å². The minimum Gasteiger partial charge on any atom is -0.455 e. The van der Waals surface area contributed by atoms with Gasteiger partial charge in [0.15, 0.2) is 11.5 Å². The van der Waals surface area contributed by atoms with Crippen LogP contribution in [0.15, 0.2) is 121 Å². The van der Waals surface area contributed by atoms with E-state index in [1.165, 1.54) is 24.3 Å². The highest BCUT2D eigenvalue weighted by Crippen LogP contribution is 2.36. The molecule has 2 aliphatic rings. The largest absolute Gasteiger partial charge is 0.455 e. The molecule has 0 saturated heterocycles. The molecular formula is C32H20N2O6. The number of carbonyl (C=O) groups is 4. The molecule has 6 rings (SSSR count). The van der Waals surface area contributed by atoms with E-state index in [2.05, 4.69) is 0 Å². The van der Waals surface area contributed by atoms with E-state index in [9.17, 15) is 19.2 Å². The van der Waals surface area contributed by atoms with Crippen molar-refractivity contribution < 1.29 is 28.7 Å². The van der Waals surface area contributed by atoms with Crippen LogP contribution in [0.4, 0.5) is 11.4 Å². The number of hydrogen-bond acceptors (Lipinski definition) is 6. The average Bonchev–Trinajstić information content (AvgIpc) is 3.49. The molecule has 0 bridgehead atoms. The molecule has 0 atom stereocenters. The maximum Gasteiger partial charge on any atom is 0.258 e. The standard InChI is InChI=1S/C32H20N2O6/c35-29-17-18-30(36)33(29)25-5-1-3-7-27(25)39-23-13-9-21(10-14-23)22-11-15-24(16-12-22)40-28-8-4-2-6-26(28)34-31(37)19-20-32(34)38/h1-20H. The Morgan fingerprint density at radius 1 is 0.400 bits per heavy atom. The zero-order valence-corrected chi connectivity index (χ0v) is 20.9. The maximum atomic E-state index is 12.1. The van der Waals surface area contributed by atoms with Gasteiger partial charge in [-0.25, -0.2) is 9.80 Å². The monoisotopic (exact) mass is 528 g/mol. The minimum absolute atomic E-state index is 0.374. The second-order valence-electron chi connectivity index (χ2n) is 8.88. The van der Waals surface area contributed by atoms with Crippen molar-refractivity contribution in [1.29, 1.82) is 0 Å². The molecule has 0 N–H and O–H groups in total. The van der Waals surface area contributed by atoms with Crippen molar-refractivity contribution >= 4 is 35.0 Å². The van der Waals surface area contributed by atoms with E-state index in [-0.39, 0.29) is 0 Å². The van der Waals surface area contributed by atoms with Crippen LogP contribution in [0.1, 0.15) is 0 Å². The average molecular weight is 529 g/mol. The first-order chi connectivity index (χ1) is 19.5. The molecule has 2 aliphatic heterocycles. The fraction of sp³-hybridized carbons (Fsp3) is 0. The summed E-state index contributed by atoms with van der Waals surface area (Å²) in [6.45, 7) is 0. The third kappa shape index (κ3) is 4.65. The Morgan fingerprint density at radius 2 is 0.725 bits per heavy atom. The Kier molecular flexibility index (Phi) is 6.26. The number of amides is 4. The summed E-state index contributed by atoms with van der Waals surface area (Å²) >= 11 is 0. The molecule has 0 aromatic heterocycles. The van der Waals surface area contributed by atoms with Crippen molar-refractivity contribution in [3.05, 3.63) is 121 Å². The first-order valence-electron chi connectivity index (χ1n) is 12.3. The number of hydrogen-bond donors (Lipinski definition) is 0. The number of nitrogens with zero attached hydrogens (tertiary/aromatic N) is 2. The summed E-state index contributed by atoms with van der Waals surface area (Å²) in [5.41, 5.74) is 2.61. The van der Waals surface area contributed by atoms with Crippen LogP contribution in [0, 0.1) is 0 Å². The molecule has 4 amide bonds. The third-order valence-corrected chi connectivity index (χ3v) is 6.33. The molecule has 0 unspecified atom stereocenters. The van der Waals surface area contributed by atoms with Crippen LogP contribution in [0.25, 0.3) is 11.1 Å². The van der Waals surface area contributed by atoms with Gasteiger partial charge in [-0.1, -0.05) is 48.5 Å². The van der Waals surface area contributed by atoms with Crippen molar-refractivity contribution in [2.45, 2.75) is 0 Å². The summed E-state index contributed by atoms with van der Waals surface area (Å²) in [5, 5.41) is 0. The number of anilines is 2. The van der Waals surface area contributed by atoms with Gasteiger partial charge in [-0.3, -0.25) is 19.2 Å². The maximum absolute atomic E-state index is 12.1. The van der Waals surface area contributed by atoms with Crippen LogP contribution in [-0.4, -0.2) is 23.6 Å². The van der Waals surface area contributed by atoms with Crippen LogP contribution < -0.4 is 19.3 Å². The number of carbonyl (C=O) groups excluding carboxylic acids is 4. The highest BCUT2D eigenvalue weighted by Gasteiger charge is 2.29. The van der Waals surface area contributed by atoms with Gasteiger partial charge in [0.1, 0.15) is 11.5 Å². The van der Waals surface area contributed by atoms with Crippen LogP contribution >= 0.6 is 0 Å². The molecule has 8 nitrogen and oxygen atoms in total. The first kappa shape index (κ1) is 24.6. The van der Waals surface area contributed by atoms with Gasteiger partial charge in [-0.15, -0.1) is 0 Å². The quantitative estimate of drug-likeness (QED) is 0.282. The van der Waals surface area contributed by atoms with E-state index >= 15 is 0 Å². The number of imide groups is 2. The second-order valence-corrected chi connectivity index (χ2v) is 8.88. The fourth-order valence-electron chi connectivity index (χ4n) is 4.42. The van der Waals surface area contributed by atoms with Crippen LogP contribution in [0.5, 0.6) is 23.0 Å². The van der Waals surface area contributed by atoms with Crippen LogP contribution in [-0.2, 0) is 19.2 Å². The van der Waals surface area contributed by atoms with Gasteiger partial charge in [0.2, 0.25) is 0 Å². The molecule has 0 radical (unpaired) electrons. The molecule has 4 aromatic carbocycles. The predicted molar refractivity (Wildman–Crippen MR) is 148 cm³/mol. The Bertz CT molecular complexity index is 1560. The minimum atomic E-state index is -0.414. The SMILES string of the molecule is O=C1C=CC(=O)N1c1ccccc1Oc1ccc(-c2ccc(Oc3ccccc3N3C(=O)C=CC3=O)cc2)cc1. The number of benzene rings is 4. The zero-order valence-electron chi connectivity index (χ0n) is 20.9. The highest BCUT2D eigenvalue weighted by molar-refractivity contribution is 6.29. The molecule has 0 spiro atoms. The first-order valence-corrected chi connectivity index (χ1v) is 12.3. The number of ether oxygens (including phenoxy) is 2. The molecule has 194 valence electrons. The Morgan fingerprint density at radius 3 is 1.07 bits per heavy atom. The smallest absolute Gasteiger partial charge is 0.258 e. The number of rotatable bonds is 7. The van der Waals surface area contributed by atoms with E-state index in [0.717, 1.165) is 20.9 Å². The van der Waals surface area contributed by atoms with Gasteiger partial charge >= 0.3 is 0 Å². The highest BCUT2D eigenvalue weighted by atomic mass is 16.5. The molecule has 0 aliphatic carbocycles. The lowest BCUT2D eigenvalue weighted by molar-refractivity contribution is -0.121. The summed E-state index contributed by atoms with van der Waals surface area (Å²) in [5.74, 6) is 0.195. The summed E-state index contributed by atoms with van der Waals surface area (Å²) in [6.07, 6.45) is 4.93. The Hall–Kier alpha value is -5.76. The summed E-state index contributed by atoms with van der Waals surface area (Å²) in [4.78, 5) is 50.7. The Labute approximate surface area is 229 Å². The van der Waals surface area contributed by atoms with Crippen molar-refractivity contribution in [3.8, 4) is 34.1 Å². The van der Waals surface area contributed by atoms with Gasteiger partial charge in [-0.2, -0.15) is 0 Å². The molecule has 8 heteroatoms. The zero-order chi connectivity index (χ0) is 27.6. The Balaban J connectivity index is 1.17. The summed E-state index contributed by atoms with van der Waals surface area (Å²) in [6, 6.07) is 28.5. The lowest BCUT2D eigenvalue weighted by Gasteiger charge is -2.18. The molecule has 40 heavy (non-hydrogen) atoms. The fourth-order valence-corrected chi connectivity index (χ4v) is 4.42. The van der Waals surface area contributed by atoms with Gasteiger partial charge in [-0.05, 0) is 59.7 Å². The molecule has 2 heterocycles. The topological polar surface area (TPSA) is 93.2 Å². The van der Waals surface area contributed by atoms with Crippen molar-refractivity contribution in [1.82, 2.24) is 0 Å². The van der Waals surface area contributed by atoms with Crippen molar-refractivity contribution in [2.75, 3.05) is 9.80 Å². The van der Waals surface area contributed by atoms with Gasteiger partial charge in [0, 0.05) is 24.3 Å². The van der Waals surface area contributed by atoms with E-state index in [4.69, 9.17) is 9.47 Å². The van der Waals surface area contributed by atoms with Gasteiger partial charge in [0.05, 0.1) is 11.4 Å². The summed E-state index contributed by atoms with van der Waals surface area (Å²) in [7, 11) is 0. The van der Waals surface area contributed by atoms with Crippen molar-refractivity contribution in [2.24, 2.45) is 0 Å². The molecule has 0 fully saturated rings. The molecular weight excluding hydrogens is 508 g/mol. The van der Waals surface area contributed by atoms with E-state index < -0.39 is 23.6 Å². The third-order valence-electron chi connectivity index (χ3n) is 6.33. The summed E-state index contributed by atoms with van der Waals surface area (Å²) < 4.78 is 12.0. The van der Waals surface area contributed by atoms with Crippen molar-refractivity contribution in [3.63, 3.8) is 0 Å². The van der Waals surface area contributed by atoms with Crippen LogP contribution in [0.3, 0.4) is 0 Å². The molecule has 4 aromatic rings. The normalized spacial score (nSPS) is 14.4. The van der Waals surface area contributed by atoms with Gasteiger partial charge in [0.25, 0.3) is 23.6 Å². The lowest BCUT2D eigenvalue weighted by atomic mass is 10.1. The predicted octanol–water partition coefficient (Wildman–Crippen LogP) is 5.80.